The number of aryl methyl sites for hydroxylation is 3. The molecule has 0 amide bonds. The molecule has 0 radical (unpaired) electrons. The maximum Gasteiger partial charge on any atom is 0.169 e. The lowest BCUT2D eigenvalue weighted by Crippen LogP contribution is -2.11. The zero-order valence-corrected chi connectivity index (χ0v) is 14.8. The fourth-order valence-corrected chi connectivity index (χ4v) is 3.30. The highest BCUT2D eigenvalue weighted by Crippen LogP contribution is 2.25. The Hall–Kier alpha value is -1.13. The molecule has 112 valence electrons. The lowest BCUT2D eigenvalue weighted by molar-refractivity contribution is 0.0990. The fourth-order valence-electron chi connectivity index (χ4n) is 2.37. The minimum absolute atomic E-state index is 0.0853. The summed E-state index contributed by atoms with van der Waals surface area (Å²) in [4.78, 5) is 12.6. The third-order valence-corrected chi connectivity index (χ3v) is 4.66. The summed E-state index contributed by atoms with van der Waals surface area (Å²) in [6.45, 7) is 6.74. The first-order valence-corrected chi connectivity index (χ1v) is 8.18. The average Bonchev–Trinajstić information content (AvgIpc) is 2.75. The Labute approximate surface area is 138 Å². The molecule has 0 unspecified atom stereocenters. The van der Waals surface area contributed by atoms with Crippen molar-refractivity contribution in [2.45, 2.75) is 40.2 Å². The van der Waals surface area contributed by atoms with Gasteiger partial charge in [-0.2, -0.15) is 5.10 Å². The molecule has 1 heterocycles. The van der Waals surface area contributed by atoms with Crippen LogP contribution in [0.25, 0.3) is 0 Å². The Balaban J connectivity index is 2.33. The second kappa shape index (κ2) is 6.75. The summed E-state index contributed by atoms with van der Waals surface area (Å²) in [5, 5.41) is 5.18. The van der Waals surface area contributed by atoms with Crippen molar-refractivity contribution < 1.29 is 4.79 Å². The smallest absolute Gasteiger partial charge is 0.169 e. The van der Waals surface area contributed by atoms with Crippen molar-refractivity contribution in [1.29, 1.82) is 0 Å². The van der Waals surface area contributed by atoms with E-state index >= 15 is 0 Å². The van der Waals surface area contributed by atoms with Gasteiger partial charge in [0.2, 0.25) is 0 Å². The zero-order valence-electron chi connectivity index (χ0n) is 12.4. The monoisotopic (exact) mass is 368 g/mol. The van der Waals surface area contributed by atoms with Gasteiger partial charge >= 0.3 is 0 Å². The number of nitrogens with zero attached hydrogens (tertiary/aromatic N) is 2. The Bertz CT molecular complexity index is 679. The predicted octanol–water partition coefficient (Wildman–Crippen LogP) is 4.62. The van der Waals surface area contributed by atoms with Gasteiger partial charge in [0, 0.05) is 17.1 Å². The predicted molar refractivity (Wildman–Crippen MR) is 89.2 cm³/mol. The normalized spacial score (nSPS) is 10.9. The van der Waals surface area contributed by atoms with Crippen molar-refractivity contribution in [3.8, 4) is 0 Å². The number of halogens is 2. The minimum Gasteiger partial charge on any atom is -0.294 e. The maximum absolute atomic E-state index is 12.6. The highest BCUT2D eigenvalue weighted by molar-refractivity contribution is 9.10. The molecule has 0 fully saturated rings. The molecule has 0 N–H and O–H groups in total. The van der Waals surface area contributed by atoms with Crippen LogP contribution in [0.15, 0.2) is 22.7 Å². The van der Waals surface area contributed by atoms with E-state index in [1.165, 1.54) is 0 Å². The number of Topliss-reactive ketones (excluding diaryl/α,β-unsaturated/α-hetero) is 1. The molecule has 3 nitrogen and oxygen atoms in total. The molecule has 0 saturated carbocycles. The van der Waals surface area contributed by atoms with Gasteiger partial charge in [-0.05, 0) is 60.0 Å². The summed E-state index contributed by atoms with van der Waals surface area (Å²) >= 11 is 9.52. The van der Waals surface area contributed by atoms with Gasteiger partial charge in [-0.25, -0.2) is 0 Å². The summed E-state index contributed by atoms with van der Waals surface area (Å²) in [5.41, 5.74) is 3.55. The van der Waals surface area contributed by atoms with Crippen LogP contribution in [0.2, 0.25) is 5.02 Å². The standard InChI is InChI=1S/C16H18BrClN2O/c1-4-13-16(17)14(20(5-2)19-13)9-15(21)12-7-6-11(18)8-10(12)3/h6-8H,4-5,9H2,1-3H3. The number of hydrogen-bond donors (Lipinski definition) is 0. The highest BCUT2D eigenvalue weighted by Gasteiger charge is 2.18. The molecule has 5 heteroatoms. The molecule has 2 rings (SSSR count). The van der Waals surface area contributed by atoms with Crippen molar-refractivity contribution in [3.05, 3.63) is 50.2 Å². The Kier molecular flexibility index (Phi) is 5.22. The van der Waals surface area contributed by atoms with Crippen LogP contribution < -0.4 is 0 Å². The molecule has 0 atom stereocenters. The van der Waals surface area contributed by atoms with E-state index in [-0.39, 0.29) is 5.78 Å². The number of carbonyl (C=O) groups is 1. The van der Waals surface area contributed by atoms with E-state index in [2.05, 4.69) is 28.0 Å². The first kappa shape index (κ1) is 16.2. The van der Waals surface area contributed by atoms with Crippen LogP contribution in [0.4, 0.5) is 0 Å². The number of aromatic nitrogens is 2. The third kappa shape index (κ3) is 3.38. The molecule has 0 aliphatic heterocycles. The summed E-state index contributed by atoms with van der Waals surface area (Å²) < 4.78 is 2.85. The lowest BCUT2D eigenvalue weighted by Gasteiger charge is -2.07. The first-order chi connectivity index (χ1) is 9.97. The lowest BCUT2D eigenvalue weighted by atomic mass is 10.0. The van der Waals surface area contributed by atoms with Gasteiger partial charge < -0.3 is 0 Å². The molecule has 0 spiro atoms. The summed E-state index contributed by atoms with van der Waals surface area (Å²) in [6.07, 6.45) is 1.18. The van der Waals surface area contributed by atoms with E-state index in [0.29, 0.717) is 17.0 Å². The van der Waals surface area contributed by atoms with Crippen LogP contribution >= 0.6 is 27.5 Å². The molecule has 1 aromatic carbocycles. The van der Waals surface area contributed by atoms with E-state index in [4.69, 9.17) is 11.6 Å². The van der Waals surface area contributed by atoms with Crippen molar-refractivity contribution in [2.75, 3.05) is 0 Å². The van der Waals surface area contributed by atoms with Gasteiger partial charge in [0.05, 0.1) is 22.3 Å². The number of hydrogen-bond acceptors (Lipinski definition) is 2. The van der Waals surface area contributed by atoms with E-state index in [9.17, 15) is 4.79 Å². The average molecular weight is 370 g/mol. The second-order valence-electron chi connectivity index (χ2n) is 4.94. The molecule has 0 aliphatic rings. The molecule has 0 bridgehead atoms. The van der Waals surface area contributed by atoms with Gasteiger partial charge in [-0.1, -0.05) is 18.5 Å². The molecular weight excluding hydrogens is 352 g/mol. The number of ketones is 1. The zero-order chi connectivity index (χ0) is 15.6. The van der Waals surface area contributed by atoms with E-state index in [1.807, 2.05) is 24.6 Å². The highest BCUT2D eigenvalue weighted by atomic mass is 79.9. The molecule has 0 aliphatic carbocycles. The molecule has 1 aromatic heterocycles. The van der Waals surface area contributed by atoms with Crippen LogP contribution in [0.3, 0.4) is 0 Å². The topological polar surface area (TPSA) is 34.9 Å². The van der Waals surface area contributed by atoms with E-state index in [1.54, 1.807) is 12.1 Å². The van der Waals surface area contributed by atoms with Crippen LogP contribution in [0, 0.1) is 6.92 Å². The molecule has 0 saturated heterocycles. The van der Waals surface area contributed by atoms with Crippen molar-refractivity contribution in [3.63, 3.8) is 0 Å². The van der Waals surface area contributed by atoms with E-state index < -0.39 is 0 Å². The summed E-state index contributed by atoms with van der Waals surface area (Å²) in [7, 11) is 0. The quantitative estimate of drug-likeness (QED) is 0.721. The number of carbonyl (C=O) groups excluding carboxylic acids is 1. The SMILES string of the molecule is CCc1nn(CC)c(CC(=O)c2ccc(Cl)cc2C)c1Br. The van der Waals surface area contributed by atoms with Crippen LogP contribution in [-0.4, -0.2) is 15.6 Å². The largest absolute Gasteiger partial charge is 0.294 e. The molecular formula is C16H18BrClN2O. The van der Waals surface area contributed by atoms with Gasteiger partial charge in [0.25, 0.3) is 0 Å². The van der Waals surface area contributed by atoms with Crippen molar-refractivity contribution in [2.24, 2.45) is 0 Å². The van der Waals surface area contributed by atoms with Gasteiger partial charge in [0.15, 0.2) is 5.78 Å². The summed E-state index contributed by atoms with van der Waals surface area (Å²) in [6, 6.07) is 5.37. The Morgan fingerprint density at radius 1 is 1.38 bits per heavy atom. The first-order valence-electron chi connectivity index (χ1n) is 7.01. The van der Waals surface area contributed by atoms with Gasteiger partial charge in [0.1, 0.15) is 0 Å². The molecule has 2 aromatic rings. The fraction of sp³-hybridized carbons (Fsp3) is 0.375. The van der Waals surface area contributed by atoms with Gasteiger partial charge in [-0.3, -0.25) is 9.48 Å². The number of benzene rings is 1. The van der Waals surface area contributed by atoms with Crippen molar-refractivity contribution >= 4 is 33.3 Å². The van der Waals surface area contributed by atoms with Crippen LogP contribution in [0.5, 0.6) is 0 Å². The molecule has 21 heavy (non-hydrogen) atoms. The Morgan fingerprint density at radius 2 is 2.10 bits per heavy atom. The Morgan fingerprint density at radius 3 is 2.67 bits per heavy atom. The minimum atomic E-state index is 0.0853. The summed E-state index contributed by atoms with van der Waals surface area (Å²) in [5.74, 6) is 0.0853. The van der Waals surface area contributed by atoms with Crippen LogP contribution in [0.1, 0.15) is 41.2 Å². The third-order valence-electron chi connectivity index (χ3n) is 3.51. The van der Waals surface area contributed by atoms with E-state index in [0.717, 1.165) is 34.4 Å². The second-order valence-corrected chi connectivity index (χ2v) is 6.17. The van der Waals surface area contributed by atoms with Crippen molar-refractivity contribution in [1.82, 2.24) is 9.78 Å². The number of rotatable bonds is 5. The maximum atomic E-state index is 12.6. The van der Waals surface area contributed by atoms with Crippen LogP contribution in [-0.2, 0) is 19.4 Å². The van der Waals surface area contributed by atoms with Gasteiger partial charge in [-0.15, -0.1) is 0 Å².